The lowest BCUT2D eigenvalue weighted by atomic mass is 9.90. The summed E-state index contributed by atoms with van der Waals surface area (Å²) in [5.41, 5.74) is 0.770. The van der Waals surface area contributed by atoms with Crippen LogP contribution in [-0.2, 0) is 28.4 Å². The predicted molar refractivity (Wildman–Crippen MR) is 93.9 cm³/mol. The number of ether oxygens (including phenoxy) is 1. The molecule has 0 atom stereocenters. The van der Waals surface area contributed by atoms with Gasteiger partial charge in [0, 0.05) is 51.5 Å². The smallest absolute Gasteiger partial charge is 0.246 e. The summed E-state index contributed by atoms with van der Waals surface area (Å²) in [6.45, 7) is 3.84. The van der Waals surface area contributed by atoms with Crippen LogP contribution in [-0.4, -0.2) is 65.8 Å². The highest BCUT2D eigenvalue weighted by atomic mass is 32.2. The van der Waals surface area contributed by atoms with Gasteiger partial charge in [0.05, 0.1) is 30.9 Å². The molecule has 8 nitrogen and oxygen atoms in total. The molecule has 1 spiro atoms. The highest BCUT2D eigenvalue weighted by Crippen LogP contribution is 2.32. The van der Waals surface area contributed by atoms with Gasteiger partial charge in [-0.3, -0.25) is 9.58 Å². The first-order valence-corrected chi connectivity index (χ1v) is 10.3. The van der Waals surface area contributed by atoms with Crippen molar-refractivity contribution in [3.8, 4) is 0 Å². The van der Waals surface area contributed by atoms with Crippen LogP contribution in [0.1, 0.15) is 18.4 Å². The monoisotopic (exact) mass is 380 g/mol. The molecule has 0 radical (unpaired) electrons. The number of piperidine rings is 1. The molecule has 9 heteroatoms. The van der Waals surface area contributed by atoms with E-state index in [1.807, 2.05) is 6.07 Å². The Morgan fingerprint density at radius 1 is 1.27 bits per heavy atom. The number of likely N-dealkylation sites (tertiary alicyclic amines) is 1. The van der Waals surface area contributed by atoms with Crippen LogP contribution >= 0.6 is 0 Å². The Kier molecular flexibility index (Phi) is 4.64. The van der Waals surface area contributed by atoms with Crippen molar-refractivity contribution in [2.24, 2.45) is 7.05 Å². The Morgan fingerprint density at radius 2 is 2.08 bits per heavy atom. The van der Waals surface area contributed by atoms with E-state index in [0.29, 0.717) is 19.7 Å². The molecule has 0 amide bonds. The maximum atomic E-state index is 12.9. The molecule has 26 heavy (non-hydrogen) atoms. The fourth-order valence-corrected chi connectivity index (χ4v) is 5.24. The highest BCUT2D eigenvalue weighted by Gasteiger charge is 2.43. The summed E-state index contributed by atoms with van der Waals surface area (Å²) >= 11 is 0. The van der Waals surface area contributed by atoms with Gasteiger partial charge in [-0.1, -0.05) is 0 Å². The second kappa shape index (κ2) is 6.80. The number of nitrogens with zero attached hydrogens (tertiary/aromatic N) is 4. The van der Waals surface area contributed by atoms with Gasteiger partial charge in [-0.2, -0.15) is 9.40 Å². The van der Waals surface area contributed by atoms with Gasteiger partial charge >= 0.3 is 0 Å². The Labute approximate surface area is 153 Å². The van der Waals surface area contributed by atoms with Crippen molar-refractivity contribution in [1.29, 1.82) is 0 Å². The number of aryl methyl sites for hydroxylation is 1. The topological polar surface area (TPSA) is 80.8 Å². The van der Waals surface area contributed by atoms with E-state index in [4.69, 9.17) is 9.15 Å². The first kappa shape index (κ1) is 17.7. The zero-order chi connectivity index (χ0) is 18.2. The number of rotatable bonds is 4. The molecule has 2 saturated heterocycles. The van der Waals surface area contributed by atoms with Crippen LogP contribution in [0.4, 0.5) is 0 Å². The van der Waals surface area contributed by atoms with Gasteiger partial charge in [0.25, 0.3) is 0 Å². The largest absolute Gasteiger partial charge is 0.472 e. The lowest BCUT2D eigenvalue weighted by Gasteiger charge is -2.46. The quantitative estimate of drug-likeness (QED) is 0.789. The first-order valence-electron chi connectivity index (χ1n) is 8.83. The molecule has 0 N–H and O–H groups in total. The van der Waals surface area contributed by atoms with E-state index < -0.39 is 10.0 Å². The summed E-state index contributed by atoms with van der Waals surface area (Å²) < 4.78 is 40.1. The van der Waals surface area contributed by atoms with Crippen LogP contribution in [0.3, 0.4) is 0 Å². The van der Waals surface area contributed by atoms with Crippen molar-refractivity contribution in [3.63, 3.8) is 0 Å². The van der Waals surface area contributed by atoms with Crippen LogP contribution in [0, 0.1) is 0 Å². The van der Waals surface area contributed by atoms with Crippen LogP contribution in [0.2, 0.25) is 0 Å². The van der Waals surface area contributed by atoms with E-state index in [1.54, 1.807) is 30.1 Å². The summed E-state index contributed by atoms with van der Waals surface area (Å²) in [5.74, 6) is 0. The molecule has 142 valence electrons. The Morgan fingerprint density at radius 3 is 2.73 bits per heavy atom. The van der Waals surface area contributed by atoms with Gasteiger partial charge in [-0.05, 0) is 18.9 Å². The summed E-state index contributed by atoms with van der Waals surface area (Å²) in [5, 5.41) is 3.99. The predicted octanol–water partition coefficient (Wildman–Crippen LogP) is 1.07. The van der Waals surface area contributed by atoms with Crippen molar-refractivity contribution in [2.45, 2.75) is 29.9 Å². The van der Waals surface area contributed by atoms with E-state index >= 15 is 0 Å². The lowest BCUT2D eigenvalue weighted by molar-refractivity contribution is -0.120. The van der Waals surface area contributed by atoms with Gasteiger partial charge in [-0.25, -0.2) is 8.42 Å². The Bertz CT molecular complexity index is 838. The van der Waals surface area contributed by atoms with Gasteiger partial charge in [0.1, 0.15) is 4.90 Å². The van der Waals surface area contributed by atoms with Crippen molar-refractivity contribution in [3.05, 3.63) is 36.5 Å². The number of hydrogen-bond donors (Lipinski definition) is 0. The molecule has 2 aliphatic rings. The first-order chi connectivity index (χ1) is 12.5. The Balaban J connectivity index is 1.42. The van der Waals surface area contributed by atoms with Crippen LogP contribution in [0.5, 0.6) is 0 Å². The molecule has 2 aromatic rings. The number of aromatic nitrogens is 2. The molecular formula is C17H24N4O4S. The standard InChI is InChI=1S/C17H24N4O4S/c1-19-12-16(10-18-19)26(22,23)21-7-9-25-17(14-21)3-5-20(6-4-17)11-15-2-8-24-13-15/h2,8,10,12-13H,3-7,9,11,14H2,1H3. The van der Waals surface area contributed by atoms with Crippen LogP contribution < -0.4 is 0 Å². The number of morpholine rings is 1. The molecule has 0 aromatic carbocycles. The summed E-state index contributed by atoms with van der Waals surface area (Å²) in [6.07, 6.45) is 8.06. The third-order valence-electron chi connectivity index (χ3n) is 5.29. The fourth-order valence-electron chi connectivity index (χ4n) is 3.76. The molecule has 0 unspecified atom stereocenters. The minimum absolute atomic E-state index is 0.245. The average molecular weight is 380 g/mol. The van der Waals surface area contributed by atoms with Crippen molar-refractivity contribution < 1.29 is 17.6 Å². The molecule has 0 saturated carbocycles. The molecule has 4 heterocycles. The lowest BCUT2D eigenvalue weighted by Crippen LogP contribution is -2.57. The maximum Gasteiger partial charge on any atom is 0.246 e. The number of furan rings is 1. The van der Waals surface area contributed by atoms with E-state index in [9.17, 15) is 8.42 Å². The maximum absolute atomic E-state index is 12.9. The van der Waals surface area contributed by atoms with Crippen molar-refractivity contribution in [2.75, 3.05) is 32.8 Å². The van der Waals surface area contributed by atoms with Crippen LogP contribution in [0.15, 0.2) is 40.3 Å². The van der Waals surface area contributed by atoms with Crippen LogP contribution in [0.25, 0.3) is 0 Å². The average Bonchev–Trinajstić information content (AvgIpc) is 3.29. The third-order valence-corrected chi connectivity index (χ3v) is 7.08. The molecule has 0 bridgehead atoms. The van der Waals surface area contributed by atoms with Gasteiger partial charge < -0.3 is 9.15 Å². The molecule has 4 rings (SSSR count). The molecule has 2 fully saturated rings. The summed E-state index contributed by atoms with van der Waals surface area (Å²) in [4.78, 5) is 2.60. The van der Waals surface area contributed by atoms with E-state index in [1.165, 1.54) is 10.9 Å². The van der Waals surface area contributed by atoms with Gasteiger partial charge in [0.15, 0.2) is 0 Å². The minimum Gasteiger partial charge on any atom is -0.472 e. The number of sulfonamides is 1. The van der Waals surface area contributed by atoms with E-state index in [0.717, 1.165) is 38.0 Å². The minimum atomic E-state index is -3.53. The number of hydrogen-bond acceptors (Lipinski definition) is 6. The van der Waals surface area contributed by atoms with Gasteiger partial charge in [0.2, 0.25) is 10.0 Å². The fraction of sp³-hybridized carbons (Fsp3) is 0.588. The SMILES string of the molecule is Cn1cc(S(=O)(=O)N2CCOC3(CCN(Cc4ccoc4)CC3)C2)cn1. The molecular weight excluding hydrogens is 356 g/mol. The normalized spacial score (nSPS) is 22.0. The second-order valence-electron chi connectivity index (χ2n) is 7.13. The van der Waals surface area contributed by atoms with E-state index in [-0.39, 0.29) is 10.5 Å². The second-order valence-corrected chi connectivity index (χ2v) is 9.07. The highest BCUT2D eigenvalue weighted by molar-refractivity contribution is 7.89. The zero-order valence-electron chi connectivity index (χ0n) is 14.9. The summed E-state index contributed by atoms with van der Waals surface area (Å²) in [7, 11) is -1.81. The van der Waals surface area contributed by atoms with Crippen molar-refractivity contribution >= 4 is 10.0 Å². The van der Waals surface area contributed by atoms with Gasteiger partial charge in [-0.15, -0.1) is 0 Å². The zero-order valence-corrected chi connectivity index (χ0v) is 15.7. The Hall–Kier alpha value is -1.68. The third kappa shape index (κ3) is 3.44. The molecule has 2 aliphatic heterocycles. The summed E-state index contributed by atoms with van der Waals surface area (Å²) in [6, 6.07) is 1.98. The molecule has 0 aliphatic carbocycles. The van der Waals surface area contributed by atoms with Crippen molar-refractivity contribution in [1.82, 2.24) is 19.0 Å². The van der Waals surface area contributed by atoms with E-state index in [2.05, 4.69) is 10.00 Å². The molecule has 2 aromatic heterocycles.